The normalized spacial score (nSPS) is 10.3. The van der Waals surface area contributed by atoms with Crippen LogP contribution in [0.15, 0.2) is 33.9 Å². The molecule has 0 bridgehead atoms. The van der Waals surface area contributed by atoms with Gasteiger partial charge in [-0.3, -0.25) is 14.6 Å². The maximum atomic E-state index is 12.2. The zero-order chi connectivity index (χ0) is 16.3. The van der Waals surface area contributed by atoms with E-state index < -0.39 is 17.2 Å². The summed E-state index contributed by atoms with van der Waals surface area (Å²) < 4.78 is -0.137. The Bertz CT molecular complexity index is 805. The van der Waals surface area contributed by atoms with Crippen molar-refractivity contribution in [2.45, 2.75) is 13.5 Å². The highest BCUT2D eigenvalue weighted by Crippen LogP contribution is 2.06. The lowest BCUT2D eigenvalue weighted by Gasteiger charge is -2.09. The summed E-state index contributed by atoms with van der Waals surface area (Å²) in [6.07, 6.45) is 0. The molecule has 1 heterocycles. The van der Waals surface area contributed by atoms with Crippen LogP contribution in [0.2, 0.25) is 0 Å². The molecule has 1 amide bonds. The van der Waals surface area contributed by atoms with Gasteiger partial charge in [0.15, 0.2) is 0 Å². The summed E-state index contributed by atoms with van der Waals surface area (Å²) in [6, 6.07) is 7.51. The van der Waals surface area contributed by atoms with Gasteiger partial charge in [0.1, 0.15) is 11.4 Å². The maximum absolute atomic E-state index is 12.2. The van der Waals surface area contributed by atoms with E-state index in [1.807, 2.05) is 31.2 Å². The van der Waals surface area contributed by atoms with Crippen LogP contribution >= 0.6 is 0 Å². The van der Waals surface area contributed by atoms with Gasteiger partial charge < -0.3 is 15.8 Å². The lowest BCUT2D eigenvalue weighted by molar-refractivity contribution is 0.0940. The zero-order valence-electron chi connectivity index (χ0n) is 12.1. The summed E-state index contributed by atoms with van der Waals surface area (Å²) in [4.78, 5) is 37.5. The topological polar surface area (TPSA) is 116 Å². The second-order valence-corrected chi connectivity index (χ2v) is 4.72. The van der Waals surface area contributed by atoms with Crippen molar-refractivity contribution in [2.24, 2.45) is 0 Å². The summed E-state index contributed by atoms with van der Waals surface area (Å²) in [5, 5.41) is 14.4. The molecule has 0 aliphatic rings. The monoisotopic (exact) mass is 304 g/mol. The minimum atomic E-state index is -1.09. The molecule has 0 aliphatic carbocycles. The number of carbonyl (C=O) groups is 1. The minimum absolute atomic E-state index is 0.0540. The van der Waals surface area contributed by atoms with E-state index in [1.165, 1.54) is 7.05 Å². The van der Waals surface area contributed by atoms with Gasteiger partial charge in [-0.05, 0) is 12.5 Å². The van der Waals surface area contributed by atoms with Crippen LogP contribution in [0.3, 0.4) is 0 Å². The number of hydrogen-bond donors (Lipinski definition) is 4. The van der Waals surface area contributed by atoms with E-state index in [1.54, 1.807) is 0 Å². The molecule has 116 valence electrons. The van der Waals surface area contributed by atoms with Crippen LogP contribution in [-0.2, 0) is 6.54 Å². The number of anilines is 1. The van der Waals surface area contributed by atoms with E-state index in [0.717, 1.165) is 11.1 Å². The van der Waals surface area contributed by atoms with Crippen molar-refractivity contribution in [1.29, 1.82) is 0 Å². The smallest absolute Gasteiger partial charge is 0.363 e. The SMILES string of the molecule is CNc1[nH]c(=O)n(O)c(=O)c1C(=O)NCc1ccc(C)cc1. The standard InChI is InChI=1S/C14H16N4O4/c1-8-3-5-9(6-4-8)7-16-12(19)10-11(15-2)17-14(21)18(22)13(10)20/h3-6,15,22H,7H2,1-2H3,(H,16,19)(H,17,21). The number of amides is 1. The predicted molar refractivity (Wildman–Crippen MR) is 80.4 cm³/mol. The van der Waals surface area contributed by atoms with Gasteiger partial charge in [0.05, 0.1) is 0 Å². The van der Waals surface area contributed by atoms with E-state index in [0.29, 0.717) is 0 Å². The average Bonchev–Trinajstić information content (AvgIpc) is 2.51. The molecule has 0 aliphatic heterocycles. The van der Waals surface area contributed by atoms with Gasteiger partial charge >= 0.3 is 11.2 Å². The Balaban J connectivity index is 2.26. The summed E-state index contributed by atoms with van der Waals surface area (Å²) in [7, 11) is 1.45. The van der Waals surface area contributed by atoms with E-state index in [9.17, 15) is 19.6 Å². The summed E-state index contributed by atoms with van der Waals surface area (Å²) in [6.45, 7) is 2.16. The number of aryl methyl sites for hydroxylation is 1. The summed E-state index contributed by atoms with van der Waals surface area (Å²) >= 11 is 0. The van der Waals surface area contributed by atoms with E-state index >= 15 is 0 Å². The lowest BCUT2D eigenvalue weighted by atomic mass is 10.1. The van der Waals surface area contributed by atoms with Crippen LogP contribution in [0.4, 0.5) is 5.82 Å². The number of nitrogens with one attached hydrogen (secondary N) is 3. The Labute approximate surface area is 125 Å². The van der Waals surface area contributed by atoms with Crippen LogP contribution in [-0.4, -0.2) is 27.9 Å². The third-order valence-corrected chi connectivity index (χ3v) is 3.13. The Hall–Kier alpha value is -3.03. The molecule has 0 saturated carbocycles. The molecule has 8 nitrogen and oxygen atoms in total. The van der Waals surface area contributed by atoms with Crippen molar-refractivity contribution in [2.75, 3.05) is 12.4 Å². The maximum Gasteiger partial charge on any atom is 0.363 e. The quantitative estimate of drug-likeness (QED) is 0.596. The third kappa shape index (κ3) is 3.00. The second kappa shape index (κ2) is 6.17. The van der Waals surface area contributed by atoms with Gasteiger partial charge in [-0.2, -0.15) is 0 Å². The number of aromatic amines is 1. The van der Waals surface area contributed by atoms with Gasteiger partial charge in [-0.15, -0.1) is 0 Å². The number of hydrogen-bond acceptors (Lipinski definition) is 5. The Morgan fingerprint density at radius 2 is 1.91 bits per heavy atom. The molecule has 1 aromatic heterocycles. The molecular formula is C14H16N4O4. The van der Waals surface area contributed by atoms with Gasteiger partial charge in [0.25, 0.3) is 5.91 Å². The number of aromatic nitrogens is 2. The highest BCUT2D eigenvalue weighted by molar-refractivity contribution is 5.98. The Morgan fingerprint density at radius 1 is 1.27 bits per heavy atom. The van der Waals surface area contributed by atoms with Crippen molar-refractivity contribution in [1.82, 2.24) is 15.0 Å². The number of carbonyl (C=O) groups excluding carboxylic acids is 1. The van der Waals surface area contributed by atoms with Crippen molar-refractivity contribution in [3.05, 3.63) is 61.8 Å². The van der Waals surface area contributed by atoms with E-state index in [2.05, 4.69) is 15.6 Å². The van der Waals surface area contributed by atoms with Crippen LogP contribution in [0, 0.1) is 6.92 Å². The first-order valence-electron chi connectivity index (χ1n) is 6.54. The van der Waals surface area contributed by atoms with Crippen molar-refractivity contribution in [3.63, 3.8) is 0 Å². The molecule has 1 aromatic carbocycles. The molecule has 0 unspecified atom stereocenters. The second-order valence-electron chi connectivity index (χ2n) is 4.72. The number of H-pyrrole nitrogens is 1. The van der Waals surface area contributed by atoms with Crippen LogP contribution in [0.1, 0.15) is 21.5 Å². The molecule has 0 spiro atoms. The summed E-state index contributed by atoms with van der Waals surface area (Å²) in [5.74, 6) is -0.754. The number of benzene rings is 1. The van der Waals surface area contributed by atoms with Crippen molar-refractivity contribution < 1.29 is 10.0 Å². The molecule has 4 N–H and O–H groups in total. The largest absolute Gasteiger partial charge is 0.421 e. The highest BCUT2D eigenvalue weighted by Gasteiger charge is 2.19. The molecule has 0 saturated heterocycles. The number of rotatable bonds is 4. The molecule has 0 atom stereocenters. The van der Waals surface area contributed by atoms with Gasteiger partial charge in [-0.1, -0.05) is 34.6 Å². The van der Waals surface area contributed by atoms with Crippen LogP contribution < -0.4 is 21.9 Å². The Kier molecular flexibility index (Phi) is 4.31. The Morgan fingerprint density at radius 3 is 2.50 bits per heavy atom. The van der Waals surface area contributed by atoms with Gasteiger partial charge in [-0.25, -0.2) is 4.79 Å². The minimum Gasteiger partial charge on any atom is -0.421 e. The van der Waals surface area contributed by atoms with Gasteiger partial charge in [0.2, 0.25) is 0 Å². The fourth-order valence-electron chi connectivity index (χ4n) is 1.90. The first kappa shape index (κ1) is 15.4. The van der Waals surface area contributed by atoms with Crippen LogP contribution in [0.5, 0.6) is 0 Å². The molecule has 22 heavy (non-hydrogen) atoms. The molecule has 2 rings (SSSR count). The predicted octanol–water partition coefficient (Wildman–Crippen LogP) is 0.0540. The fraction of sp³-hybridized carbons (Fsp3) is 0.214. The molecular weight excluding hydrogens is 288 g/mol. The first-order chi connectivity index (χ1) is 10.4. The van der Waals surface area contributed by atoms with E-state index in [4.69, 9.17) is 0 Å². The molecule has 0 fully saturated rings. The number of nitrogens with zero attached hydrogens (tertiary/aromatic N) is 1. The highest BCUT2D eigenvalue weighted by atomic mass is 16.5. The lowest BCUT2D eigenvalue weighted by Crippen LogP contribution is -2.40. The first-order valence-corrected chi connectivity index (χ1v) is 6.54. The molecule has 2 aromatic rings. The third-order valence-electron chi connectivity index (χ3n) is 3.13. The van der Waals surface area contributed by atoms with Crippen molar-refractivity contribution in [3.8, 4) is 0 Å². The fourth-order valence-corrected chi connectivity index (χ4v) is 1.90. The van der Waals surface area contributed by atoms with Gasteiger partial charge in [0, 0.05) is 13.6 Å². The zero-order valence-corrected chi connectivity index (χ0v) is 12.1. The molecule has 8 heteroatoms. The van der Waals surface area contributed by atoms with Crippen LogP contribution in [0.25, 0.3) is 0 Å². The van der Waals surface area contributed by atoms with Crippen molar-refractivity contribution >= 4 is 11.7 Å². The molecule has 0 radical (unpaired) electrons. The van der Waals surface area contributed by atoms with E-state index in [-0.39, 0.29) is 22.7 Å². The average molecular weight is 304 g/mol. The summed E-state index contributed by atoms with van der Waals surface area (Å²) in [5.41, 5.74) is -0.522.